The van der Waals surface area contributed by atoms with Gasteiger partial charge in [-0.2, -0.15) is 0 Å². The molecule has 0 N–H and O–H groups in total. The third-order valence-corrected chi connectivity index (χ3v) is 22.9. The van der Waals surface area contributed by atoms with Crippen LogP contribution in [-0.2, 0) is 40.2 Å². The maximum absolute atomic E-state index is 12.3. The number of carbonyl (C=O) groups excluding carboxylic acids is 1. The molecule has 0 amide bonds. The standard InChI is InChI=1S/C50H44N2S4.C21H19NOS2.C12H18O5P2.C4H9O.C4H10O.K/c1-53-47-29-21-43(22-30-47)51(44-23-31-48(54-2)32-24-44)41-17-13-39(14-18-41)11-9-37-5-7-38(8-6-37)10-12-40-15-19-42(20-16-40)52(45-25-33-49(55-3)34-26-45)46-27-35-50(56-4)36-28-46;1-24-20-11-7-18(8-12-20)22(17-5-3-16(15-23)4-6-17)19-9-13-21(25-2)14-10-19;1-3-16-19(14,17-4-2)10-12-7-5-11(6-8-12)9-15-18-13;1-4(2,3)5;1-3-5-4-2;/h5-36H,1-4H3;3-15H,1-2H3;5-8H,3-4,9-10H2,1-2H3;1-3H3;3-4H2,1-2H3;/q;;;-1;;+1/b11-9+,12-10+;;;;;. The number of ether oxygens (including phenoxy) is 1. The molecule has 0 bridgehead atoms. The molecule has 111 heavy (non-hydrogen) atoms. The minimum absolute atomic E-state index is 0. The van der Waals surface area contributed by atoms with Crippen molar-refractivity contribution in [1.82, 2.24) is 0 Å². The minimum Gasteiger partial charge on any atom is -0.850 e. The number of nitrogens with zero attached hydrogens (tertiary/aromatic N) is 3. The summed E-state index contributed by atoms with van der Waals surface area (Å²) in [6, 6.07) is 93.4. The zero-order valence-corrected chi connectivity index (χ0v) is 75.8. The Morgan fingerprint density at radius 1 is 0.351 bits per heavy atom. The Morgan fingerprint density at radius 3 is 0.748 bits per heavy atom. The molecule has 11 aromatic rings. The van der Waals surface area contributed by atoms with Gasteiger partial charge in [-0.05, 0) is 293 Å². The predicted octanol–water partition coefficient (Wildman–Crippen LogP) is 24.6. The summed E-state index contributed by atoms with van der Waals surface area (Å²) in [6.45, 7) is 15.1. The molecule has 0 aromatic heterocycles. The second-order valence-corrected chi connectivity index (χ2v) is 32.8. The molecule has 0 aliphatic carbocycles. The van der Waals surface area contributed by atoms with Crippen LogP contribution >= 0.6 is 86.9 Å². The van der Waals surface area contributed by atoms with Gasteiger partial charge in [0.05, 0.1) is 26.0 Å². The van der Waals surface area contributed by atoms with E-state index < -0.39 is 13.2 Å². The molecule has 0 radical (unpaired) electrons. The summed E-state index contributed by atoms with van der Waals surface area (Å²) in [5.41, 5.74) is 16.4. The number of hydrogen-bond donors (Lipinski definition) is 0. The fourth-order valence-electron chi connectivity index (χ4n) is 10.8. The summed E-state index contributed by atoms with van der Waals surface area (Å²) in [7, 11) is -3.40. The molecule has 0 heterocycles. The normalized spacial score (nSPS) is 11.0. The number of thioether (sulfide) groups is 6. The number of anilines is 9. The first kappa shape index (κ1) is 93.7. The Morgan fingerprint density at radius 2 is 0.559 bits per heavy atom. The van der Waals surface area contributed by atoms with Crippen LogP contribution in [0.3, 0.4) is 0 Å². The summed E-state index contributed by atoms with van der Waals surface area (Å²) in [5.74, 6) is 0. The smallest absolute Gasteiger partial charge is 0.850 e. The molecule has 0 atom stereocenters. The number of rotatable bonds is 31. The van der Waals surface area contributed by atoms with Gasteiger partial charge in [-0.3, -0.25) is 13.9 Å². The van der Waals surface area contributed by atoms with Crippen molar-refractivity contribution in [3.05, 3.63) is 306 Å². The van der Waals surface area contributed by atoms with Gasteiger partial charge < -0.3 is 33.6 Å². The molecular weight excluding hydrogens is 1560 g/mol. The Labute approximate surface area is 730 Å². The van der Waals surface area contributed by atoms with Gasteiger partial charge in [0.25, 0.3) is 0 Å². The van der Waals surface area contributed by atoms with E-state index in [-0.39, 0.29) is 72.8 Å². The van der Waals surface area contributed by atoms with Crippen LogP contribution in [-0.4, -0.2) is 75.8 Å². The third kappa shape index (κ3) is 32.2. The van der Waals surface area contributed by atoms with Crippen LogP contribution in [0.5, 0.6) is 0 Å². The van der Waals surface area contributed by atoms with Gasteiger partial charge in [-0.15, -0.1) is 76.2 Å². The maximum Gasteiger partial charge on any atom is 1.00 e. The van der Waals surface area contributed by atoms with Crippen LogP contribution in [0.2, 0.25) is 0 Å². The van der Waals surface area contributed by atoms with Crippen LogP contribution < -0.4 is 71.2 Å². The average Bonchev–Trinajstić information content (AvgIpc) is 0.816. The molecule has 0 fully saturated rings. The van der Waals surface area contributed by atoms with Gasteiger partial charge in [0.2, 0.25) is 0 Å². The molecule has 11 aromatic carbocycles. The summed E-state index contributed by atoms with van der Waals surface area (Å²) in [6.07, 6.45) is 22.4. The summed E-state index contributed by atoms with van der Waals surface area (Å²) in [4.78, 5) is 25.3. The number of benzene rings is 11. The van der Waals surface area contributed by atoms with Crippen molar-refractivity contribution >= 4 is 169 Å². The molecule has 0 saturated heterocycles. The van der Waals surface area contributed by atoms with Gasteiger partial charge in [0, 0.05) is 99.3 Å². The SMILES string of the molecule is CC(C)(C)[O-].CCOCC.CCOP(=O)(Cc1ccc(COP=O)cc1)OCC.CSc1ccc(N(c2ccc(/C=C/c3ccc(/C=C/c4ccc(N(c5ccc(SC)cc5)c5ccc(SC)cc5)cc4)cc3)cc2)c2ccc(SC)cc2)cc1.CSc1ccc(N(c2ccc(C=O)cc2)c2ccc(SC)cc2)cc1.[K+]. The monoisotopic (exact) mass is 1660 g/mol. The predicted molar refractivity (Wildman–Crippen MR) is 479 cm³/mol. The van der Waals surface area contributed by atoms with E-state index >= 15 is 0 Å². The zero-order valence-electron chi connectivity index (χ0n) is 66.0. The minimum atomic E-state index is -3.06. The first-order chi connectivity index (χ1) is 53.3. The average molecular weight is 1660 g/mol. The Balaban J connectivity index is 0.000000286. The van der Waals surface area contributed by atoms with Gasteiger partial charge in [-0.1, -0.05) is 118 Å². The molecule has 11 nitrogen and oxygen atoms in total. The van der Waals surface area contributed by atoms with E-state index in [9.17, 15) is 19.0 Å². The largest absolute Gasteiger partial charge is 1.00 e. The number of aldehydes is 1. The van der Waals surface area contributed by atoms with Crippen LogP contribution in [0.15, 0.2) is 296 Å². The van der Waals surface area contributed by atoms with E-state index in [0.29, 0.717) is 18.8 Å². The molecule has 0 aliphatic heterocycles. The zero-order chi connectivity index (χ0) is 79.1. The van der Waals surface area contributed by atoms with Crippen molar-refractivity contribution < 1.29 is 88.7 Å². The van der Waals surface area contributed by atoms with Crippen molar-refractivity contribution in [3.63, 3.8) is 0 Å². The number of hydrogen-bond acceptors (Lipinski definition) is 17. The molecule has 0 aliphatic rings. The van der Waals surface area contributed by atoms with E-state index in [0.717, 1.165) is 104 Å². The van der Waals surface area contributed by atoms with E-state index in [4.69, 9.17) is 18.3 Å². The van der Waals surface area contributed by atoms with Crippen molar-refractivity contribution in [2.45, 2.75) is 96.2 Å². The van der Waals surface area contributed by atoms with Gasteiger partial charge >= 0.3 is 67.7 Å². The summed E-state index contributed by atoms with van der Waals surface area (Å²) in [5, 5.41) is 10.1. The number of carbonyl (C=O) groups is 1. The maximum atomic E-state index is 12.3. The molecule has 574 valence electrons. The van der Waals surface area contributed by atoms with Crippen LogP contribution in [0, 0.1) is 0 Å². The fraction of sp³-hybridized carbons (Fsp3) is 0.220. The quantitative estimate of drug-likeness (QED) is 0.0135. The topological polar surface area (TPSA) is 121 Å². The summed E-state index contributed by atoms with van der Waals surface area (Å²) < 4.78 is 42.6. The van der Waals surface area contributed by atoms with E-state index in [1.54, 1.807) is 105 Å². The van der Waals surface area contributed by atoms with Crippen LogP contribution in [0.25, 0.3) is 24.3 Å². The first-order valence-corrected chi connectivity index (χ1v) is 45.8. The molecule has 0 spiro atoms. The molecule has 11 rings (SSSR count). The van der Waals surface area contributed by atoms with Crippen LogP contribution in [0.4, 0.5) is 51.2 Å². The Bertz CT molecular complexity index is 4250. The van der Waals surface area contributed by atoms with E-state index in [1.807, 2.05) is 62.4 Å². The van der Waals surface area contributed by atoms with Gasteiger partial charge in [0.15, 0.2) is 0 Å². The molecule has 0 saturated carbocycles. The van der Waals surface area contributed by atoms with Gasteiger partial charge in [0.1, 0.15) is 6.29 Å². The van der Waals surface area contributed by atoms with Crippen LogP contribution in [0.1, 0.15) is 92.2 Å². The van der Waals surface area contributed by atoms with Crippen molar-refractivity contribution in [3.8, 4) is 0 Å². The third-order valence-electron chi connectivity index (χ3n) is 16.2. The fourth-order valence-corrected chi connectivity index (χ4v) is 15.1. The van der Waals surface area contributed by atoms with E-state index in [2.05, 4.69) is 295 Å². The van der Waals surface area contributed by atoms with E-state index in [1.165, 1.54) is 29.4 Å². The van der Waals surface area contributed by atoms with Crippen molar-refractivity contribution in [2.24, 2.45) is 0 Å². The molecular formula is C91H100KN3O8P2S6. The second kappa shape index (κ2) is 50.9. The second-order valence-electron chi connectivity index (χ2n) is 25.1. The molecule has 20 heteroatoms. The van der Waals surface area contributed by atoms with Crippen molar-refractivity contribution in [1.29, 1.82) is 0 Å². The summed E-state index contributed by atoms with van der Waals surface area (Å²) >= 11 is 10.5. The van der Waals surface area contributed by atoms with Crippen molar-refractivity contribution in [2.75, 3.05) is 78.7 Å². The molecule has 0 unspecified atom stereocenters. The Hall–Kier alpha value is -6.16. The first-order valence-electron chi connectivity index (χ1n) is 36.0. The van der Waals surface area contributed by atoms with Gasteiger partial charge in [-0.25, -0.2) is 4.57 Å². The Kier molecular flexibility index (Phi) is 43.0.